The van der Waals surface area contributed by atoms with Gasteiger partial charge in [-0.15, -0.1) is 0 Å². The van der Waals surface area contributed by atoms with Crippen molar-refractivity contribution < 1.29 is 4.79 Å². The molecule has 0 saturated carbocycles. The van der Waals surface area contributed by atoms with Gasteiger partial charge in [0.25, 0.3) is 5.91 Å². The maximum absolute atomic E-state index is 13.5. The third kappa shape index (κ3) is 5.77. The van der Waals surface area contributed by atoms with Crippen LogP contribution >= 0.6 is 23.2 Å². The summed E-state index contributed by atoms with van der Waals surface area (Å²) >= 11 is 12.7. The quantitative estimate of drug-likeness (QED) is 0.224. The lowest BCUT2D eigenvalue weighted by Gasteiger charge is -2.18. The van der Waals surface area contributed by atoms with Crippen LogP contribution < -0.4 is 5.32 Å². The number of halogens is 2. The fourth-order valence-electron chi connectivity index (χ4n) is 4.47. The van der Waals surface area contributed by atoms with Gasteiger partial charge in [-0.05, 0) is 47.9 Å². The Labute approximate surface area is 226 Å². The van der Waals surface area contributed by atoms with E-state index in [1.807, 2.05) is 72.8 Å². The van der Waals surface area contributed by atoms with Crippen LogP contribution in [0.2, 0.25) is 10.0 Å². The van der Waals surface area contributed by atoms with E-state index in [2.05, 4.69) is 29.6 Å². The summed E-state index contributed by atoms with van der Waals surface area (Å²) in [6, 6.07) is 37.2. The van der Waals surface area contributed by atoms with Gasteiger partial charge in [-0.3, -0.25) is 4.79 Å². The summed E-state index contributed by atoms with van der Waals surface area (Å²) in [6.45, 7) is 0.495. The van der Waals surface area contributed by atoms with Gasteiger partial charge in [0.1, 0.15) is 5.69 Å². The zero-order valence-electron chi connectivity index (χ0n) is 20.0. The van der Waals surface area contributed by atoms with Crippen LogP contribution in [0.15, 0.2) is 115 Å². The monoisotopic (exact) mass is 525 g/mol. The Morgan fingerprint density at radius 2 is 1.43 bits per heavy atom. The highest BCUT2D eigenvalue weighted by molar-refractivity contribution is 6.33. The molecule has 184 valence electrons. The largest absolute Gasteiger partial charge is 0.351 e. The molecule has 6 heteroatoms. The number of hydrogen-bond acceptors (Lipinski definition) is 2. The second-order valence-corrected chi connectivity index (χ2v) is 9.55. The van der Waals surface area contributed by atoms with Crippen LogP contribution in [-0.4, -0.2) is 22.2 Å². The predicted molar refractivity (Wildman–Crippen MR) is 151 cm³/mol. The maximum Gasteiger partial charge on any atom is 0.270 e. The van der Waals surface area contributed by atoms with Gasteiger partial charge in [0, 0.05) is 23.0 Å². The lowest BCUT2D eigenvalue weighted by molar-refractivity contribution is 0.0945. The van der Waals surface area contributed by atoms with E-state index in [-0.39, 0.29) is 11.8 Å². The molecule has 1 amide bonds. The maximum atomic E-state index is 13.5. The van der Waals surface area contributed by atoms with E-state index < -0.39 is 0 Å². The second kappa shape index (κ2) is 11.5. The van der Waals surface area contributed by atoms with Crippen molar-refractivity contribution in [3.63, 3.8) is 0 Å². The number of aromatic nitrogens is 2. The molecule has 4 aromatic carbocycles. The first-order chi connectivity index (χ1) is 18.1. The van der Waals surface area contributed by atoms with Gasteiger partial charge in [-0.25, -0.2) is 4.68 Å². The van der Waals surface area contributed by atoms with E-state index >= 15 is 0 Å². The highest BCUT2D eigenvalue weighted by Crippen LogP contribution is 2.30. The molecule has 1 heterocycles. The van der Waals surface area contributed by atoms with Crippen molar-refractivity contribution in [2.45, 2.75) is 12.3 Å². The molecule has 4 nitrogen and oxygen atoms in total. The predicted octanol–water partition coefficient (Wildman–Crippen LogP) is 7.80. The number of rotatable bonds is 8. The smallest absolute Gasteiger partial charge is 0.270 e. The van der Waals surface area contributed by atoms with E-state index in [4.69, 9.17) is 28.3 Å². The molecule has 0 aliphatic heterocycles. The SMILES string of the molecule is O=C(NCCC(c1ccccc1)c1ccccc1)c1cc(-c2ccccc2Cl)nn1-c1cccc(Cl)c1. The molecule has 0 radical (unpaired) electrons. The van der Waals surface area contributed by atoms with E-state index in [9.17, 15) is 4.79 Å². The zero-order valence-corrected chi connectivity index (χ0v) is 21.5. The highest BCUT2D eigenvalue weighted by atomic mass is 35.5. The lowest BCUT2D eigenvalue weighted by Crippen LogP contribution is -2.28. The molecule has 0 saturated heterocycles. The van der Waals surface area contributed by atoms with E-state index in [1.165, 1.54) is 11.1 Å². The van der Waals surface area contributed by atoms with Crippen LogP contribution in [-0.2, 0) is 0 Å². The van der Waals surface area contributed by atoms with E-state index in [1.54, 1.807) is 22.9 Å². The molecule has 0 fully saturated rings. The van der Waals surface area contributed by atoms with Gasteiger partial charge in [-0.2, -0.15) is 5.10 Å². The van der Waals surface area contributed by atoms with Crippen molar-refractivity contribution in [3.8, 4) is 16.9 Å². The van der Waals surface area contributed by atoms with Crippen molar-refractivity contribution in [3.05, 3.63) is 142 Å². The van der Waals surface area contributed by atoms with Gasteiger partial charge >= 0.3 is 0 Å². The number of hydrogen-bond donors (Lipinski definition) is 1. The minimum absolute atomic E-state index is 0.166. The van der Waals surface area contributed by atoms with Gasteiger partial charge < -0.3 is 5.32 Å². The Morgan fingerprint density at radius 1 is 0.784 bits per heavy atom. The van der Waals surface area contributed by atoms with Crippen LogP contribution in [0.25, 0.3) is 16.9 Å². The number of carbonyl (C=O) groups excluding carboxylic acids is 1. The fourth-order valence-corrected chi connectivity index (χ4v) is 4.88. The molecule has 0 aliphatic rings. The van der Waals surface area contributed by atoms with Crippen LogP contribution in [0.3, 0.4) is 0 Å². The van der Waals surface area contributed by atoms with Gasteiger partial charge in [0.2, 0.25) is 0 Å². The molecule has 0 bridgehead atoms. The third-order valence-electron chi connectivity index (χ3n) is 6.27. The molecular weight excluding hydrogens is 501 g/mol. The number of benzene rings is 4. The van der Waals surface area contributed by atoms with E-state index in [0.29, 0.717) is 33.7 Å². The summed E-state index contributed by atoms with van der Waals surface area (Å²) in [6.07, 6.45) is 0.752. The van der Waals surface area contributed by atoms with Gasteiger partial charge in [-0.1, -0.05) is 108 Å². The van der Waals surface area contributed by atoms with Crippen LogP contribution in [0.4, 0.5) is 0 Å². The van der Waals surface area contributed by atoms with Gasteiger partial charge in [0.05, 0.1) is 16.4 Å². The molecule has 1 aromatic heterocycles. The molecule has 1 N–H and O–H groups in total. The molecule has 0 unspecified atom stereocenters. The number of nitrogens with one attached hydrogen (secondary N) is 1. The topological polar surface area (TPSA) is 46.9 Å². The van der Waals surface area contributed by atoms with Gasteiger partial charge in [0.15, 0.2) is 0 Å². The second-order valence-electron chi connectivity index (χ2n) is 8.70. The molecule has 5 aromatic rings. The Bertz CT molecular complexity index is 1460. The van der Waals surface area contributed by atoms with Crippen LogP contribution in [0.1, 0.15) is 34.0 Å². The minimum Gasteiger partial charge on any atom is -0.351 e. The normalized spacial score (nSPS) is 11.0. The Kier molecular flexibility index (Phi) is 7.69. The third-order valence-corrected chi connectivity index (χ3v) is 6.83. The van der Waals surface area contributed by atoms with Crippen molar-refractivity contribution in [2.75, 3.05) is 6.54 Å². The van der Waals surface area contributed by atoms with Crippen molar-refractivity contribution in [1.82, 2.24) is 15.1 Å². The first-order valence-electron chi connectivity index (χ1n) is 12.1. The first-order valence-corrected chi connectivity index (χ1v) is 12.8. The number of nitrogens with zero attached hydrogens (tertiary/aromatic N) is 2. The average Bonchev–Trinajstić information content (AvgIpc) is 3.38. The summed E-state index contributed by atoms with van der Waals surface area (Å²) in [5.41, 5.74) is 4.91. The summed E-state index contributed by atoms with van der Waals surface area (Å²) in [7, 11) is 0. The molecule has 0 spiro atoms. The minimum atomic E-state index is -0.217. The Morgan fingerprint density at radius 3 is 2.08 bits per heavy atom. The van der Waals surface area contributed by atoms with Crippen LogP contribution in [0.5, 0.6) is 0 Å². The highest BCUT2D eigenvalue weighted by Gasteiger charge is 2.20. The summed E-state index contributed by atoms with van der Waals surface area (Å²) in [4.78, 5) is 13.5. The Hall–Kier alpha value is -3.86. The molecular formula is C31H25Cl2N3O. The van der Waals surface area contributed by atoms with Crippen LogP contribution in [0, 0.1) is 0 Å². The molecule has 5 rings (SSSR count). The first kappa shape index (κ1) is 24.8. The fraction of sp³-hybridized carbons (Fsp3) is 0.0968. The number of carbonyl (C=O) groups is 1. The van der Waals surface area contributed by atoms with Crippen molar-refractivity contribution >= 4 is 29.1 Å². The standard InChI is InChI=1S/C31H25Cl2N3O/c32-24-14-9-15-25(20-24)36-30(21-29(35-36)27-16-7-8-17-28(27)33)31(37)34-19-18-26(22-10-3-1-4-11-22)23-12-5-2-6-13-23/h1-17,20-21,26H,18-19H2,(H,34,37). The lowest BCUT2D eigenvalue weighted by atomic mass is 9.88. The molecule has 0 atom stereocenters. The summed E-state index contributed by atoms with van der Waals surface area (Å²) in [5, 5.41) is 8.96. The summed E-state index contributed by atoms with van der Waals surface area (Å²) in [5.74, 6) is -0.0510. The molecule has 37 heavy (non-hydrogen) atoms. The molecule has 0 aliphatic carbocycles. The Balaban J connectivity index is 1.41. The average molecular weight is 526 g/mol. The van der Waals surface area contributed by atoms with E-state index in [0.717, 1.165) is 12.0 Å². The van der Waals surface area contributed by atoms with Crippen molar-refractivity contribution in [2.24, 2.45) is 0 Å². The van der Waals surface area contributed by atoms with Crippen molar-refractivity contribution in [1.29, 1.82) is 0 Å². The number of amides is 1. The zero-order chi connectivity index (χ0) is 25.6. The summed E-state index contributed by atoms with van der Waals surface area (Å²) < 4.78 is 1.62.